The van der Waals surface area contributed by atoms with Gasteiger partial charge in [-0.2, -0.15) is 13.2 Å². The number of aliphatic hydroxyl groups is 1. The molecular weight excluding hydrogens is 431 g/mol. The first kappa shape index (κ1) is 25.8. The summed E-state index contributed by atoms with van der Waals surface area (Å²) in [5, 5.41) is 20.2. The second-order valence-corrected chi connectivity index (χ2v) is 9.70. The van der Waals surface area contributed by atoms with Crippen LogP contribution in [-0.2, 0) is 11.0 Å². The van der Waals surface area contributed by atoms with E-state index in [0.29, 0.717) is 30.2 Å². The molecule has 0 spiro atoms. The molecule has 0 unspecified atom stereocenters. The fourth-order valence-electron chi connectivity index (χ4n) is 5.48. The number of carboxylic acids is 1. The zero-order valence-electron chi connectivity index (χ0n) is 19.1. The number of hydrogen-bond acceptors (Lipinski definition) is 3. The monoisotopic (exact) mass is 467 g/mol. The molecule has 4 nitrogen and oxygen atoms in total. The van der Waals surface area contributed by atoms with Crippen LogP contribution >= 0.6 is 0 Å². The van der Waals surface area contributed by atoms with Crippen LogP contribution in [0.15, 0.2) is 36.4 Å². The van der Waals surface area contributed by atoms with Gasteiger partial charge in [-0.1, -0.05) is 43.9 Å². The molecule has 0 aliphatic heterocycles. The fraction of sp³-hybridized carbons (Fsp3) is 0.654. The molecule has 184 valence electrons. The third-order valence-corrected chi connectivity index (χ3v) is 7.24. The van der Waals surface area contributed by atoms with Crippen molar-refractivity contribution in [2.24, 2.45) is 11.8 Å². The molecule has 0 radical (unpaired) electrons. The fourth-order valence-corrected chi connectivity index (χ4v) is 5.48. The number of nitrogens with zero attached hydrogens (tertiary/aromatic N) is 1. The van der Waals surface area contributed by atoms with Gasteiger partial charge in [-0.15, -0.1) is 0 Å². The second kappa shape index (κ2) is 12.0. The Hall–Kier alpha value is -1.86. The first-order valence-corrected chi connectivity index (χ1v) is 12.2. The van der Waals surface area contributed by atoms with Crippen LogP contribution in [0.25, 0.3) is 0 Å². The number of aliphatic hydroxyl groups excluding tert-OH is 1. The van der Waals surface area contributed by atoms with Crippen molar-refractivity contribution < 1.29 is 28.2 Å². The minimum absolute atomic E-state index is 0.276. The Labute approximate surface area is 194 Å². The van der Waals surface area contributed by atoms with Crippen molar-refractivity contribution in [1.82, 2.24) is 4.90 Å². The summed E-state index contributed by atoms with van der Waals surface area (Å²) in [6, 6.07) is 4.52. The average molecular weight is 468 g/mol. The summed E-state index contributed by atoms with van der Waals surface area (Å²) in [6.45, 7) is 1.75. The highest BCUT2D eigenvalue weighted by Crippen LogP contribution is 2.35. The molecule has 0 heterocycles. The average Bonchev–Trinajstić information content (AvgIpc) is 3.47. The lowest BCUT2D eigenvalue weighted by atomic mass is 9.93. The van der Waals surface area contributed by atoms with Gasteiger partial charge < -0.3 is 10.2 Å². The quantitative estimate of drug-likeness (QED) is 0.380. The summed E-state index contributed by atoms with van der Waals surface area (Å²) in [6.07, 6.45) is 7.94. The Kier molecular flexibility index (Phi) is 9.38. The van der Waals surface area contributed by atoms with E-state index in [1.807, 2.05) is 0 Å². The number of rotatable bonds is 11. The summed E-state index contributed by atoms with van der Waals surface area (Å²) in [5.74, 6) is 0.134. The molecule has 2 atom stereocenters. The summed E-state index contributed by atoms with van der Waals surface area (Å²) < 4.78 is 39.0. The molecule has 0 saturated heterocycles. The van der Waals surface area contributed by atoms with Gasteiger partial charge in [0.15, 0.2) is 0 Å². The smallest absolute Gasteiger partial charge is 0.416 e. The van der Waals surface area contributed by atoms with Gasteiger partial charge in [0.25, 0.3) is 0 Å². The third kappa shape index (κ3) is 7.85. The van der Waals surface area contributed by atoms with E-state index >= 15 is 0 Å². The number of alkyl halides is 3. The number of benzene rings is 1. The van der Waals surface area contributed by atoms with Crippen LogP contribution < -0.4 is 0 Å². The molecule has 0 amide bonds. The molecule has 3 rings (SSSR count). The van der Waals surface area contributed by atoms with Gasteiger partial charge in [-0.05, 0) is 68.1 Å². The van der Waals surface area contributed by atoms with Gasteiger partial charge in [0.2, 0.25) is 0 Å². The minimum Gasteiger partial charge on any atom is -0.478 e. The maximum absolute atomic E-state index is 13.0. The molecule has 1 aromatic rings. The van der Waals surface area contributed by atoms with Gasteiger partial charge in [-0.3, -0.25) is 4.90 Å². The summed E-state index contributed by atoms with van der Waals surface area (Å²) in [4.78, 5) is 13.2. The van der Waals surface area contributed by atoms with Crippen LogP contribution in [0.4, 0.5) is 13.2 Å². The number of halogens is 3. The largest absolute Gasteiger partial charge is 0.478 e. The highest BCUT2D eigenvalue weighted by Gasteiger charge is 2.33. The van der Waals surface area contributed by atoms with Crippen molar-refractivity contribution in [3.63, 3.8) is 0 Å². The highest BCUT2D eigenvalue weighted by molar-refractivity contribution is 5.79. The van der Waals surface area contributed by atoms with E-state index in [1.54, 1.807) is 6.08 Å². The van der Waals surface area contributed by atoms with Crippen molar-refractivity contribution >= 4 is 5.97 Å². The summed E-state index contributed by atoms with van der Waals surface area (Å²) >= 11 is 0. The van der Waals surface area contributed by atoms with Crippen LogP contribution in [-0.4, -0.2) is 40.2 Å². The van der Waals surface area contributed by atoms with E-state index < -0.39 is 23.8 Å². The molecule has 2 aliphatic rings. The number of carboxylic acid groups (broad SMARTS) is 1. The van der Waals surface area contributed by atoms with Crippen LogP contribution in [0, 0.1) is 11.8 Å². The van der Waals surface area contributed by atoms with Gasteiger partial charge in [0.05, 0.1) is 11.7 Å². The predicted molar refractivity (Wildman–Crippen MR) is 122 cm³/mol. The molecule has 33 heavy (non-hydrogen) atoms. The molecule has 7 heteroatoms. The Morgan fingerprint density at radius 3 is 1.97 bits per heavy atom. The Balaban J connectivity index is 1.82. The lowest BCUT2D eigenvalue weighted by Gasteiger charge is -2.38. The molecule has 1 aromatic carbocycles. The van der Waals surface area contributed by atoms with Crippen molar-refractivity contribution in [2.75, 3.05) is 13.1 Å². The maximum Gasteiger partial charge on any atom is 0.416 e. The SMILES string of the molecule is O=C(O)C=CCC[C@H]([C@@H](O)c1ccc(C(F)(F)F)cc1)N(CC1CCCC1)CC1CCCC1. The molecule has 0 aromatic heterocycles. The predicted octanol–water partition coefficient (Wildman–Crippen LogP) is 6.21. The van der Waals surface area contributed by atoms with Gasteiger partial charge in [-0.25, -0.2) is 4.79 Å². The van der Waals surface area contributed by atoms with E-state index in [2.05, 4.69) is 4.90 Å². The van der Waals surface area contributed by atoms with E-state index in [0.717, 1.165) is 31.3 Å². The highest BCUT2D eigenvalue weighted by atomic mass is 19.4. The van der Waals surface area contributed by atoms with E-state index in [4.69, 9.17) is 5.11 Å². The van der Waals surface area contributed by atoms with E-state index in [9.17, 15) is 23.1 Å². The molecule has 2 aliphatic carbocycles. The number of aliphatic carboxylic acids is 1. The number of carbonyl (C=O) groups is 1. The van der Waals surface area contributed by atoms with E-state index in [1.165, 1.54) is 63.5 Å². The molecule has 2 N–H and O–H groups in total. The zero-order chi connectivity index (χ0) is 23.8. The van der Waals surface area contributed by atoms with Crippen LogP contribution in [0.1, 0.15) is 81.4 Å². The maximum atomic E-state index is 13.0. The first-order valence-electron chi connectivity index (χ1n) is 12.2. The van der Waals surface area contributed by atoms with Crippen molar-refractivity contribution in [2.45, 2.75) is 82.5 Å². The molecule has 0 bridgehead atoms. The first-order chi connectivity index (χ1) is 15.7. The van der Waals surface area contributed by atoms with Crippen molar-refractivity contribution in [1.29, 1.82) is 0 Å². The normalized spacial score (nSPS) is 20.2. The van der Waals surface area contributed by atoms with Gasteiger partial charge in [0, 0.05) is 25.2 Å². The van der Waals surface area contributed by atoms with Gasteiger partial charge in [0.1, 0.15) is 0 Å². The molecule has 2 saturated carbocycles. The van der Waals surface area contributed by atoms with Crippen LogP contribution in [0.3, 0.4) is 0 Å². The number of hydrogen-bond donors (Lipinski definition) is 2. The van der Waals surface area contributed by atoms with Crippen molar-refractivity contribution in [3.8, 4) is 0 Å². The van der Waals surface area contributed by atoms with Crippen LogP contribution in [0.5, 0.6) is 0 Å². The lowest BCUT2D eigenvalue weighted by molar-refractivity contribution is -0.137. The summed E-state index contributed by atoms with van der Waals surface area (Å²) in [7, 11) is 0. The standard InChI is InChI=1S/C26H36F3NO3/c27-26(28,29)22-15-13-21(14-16-22)25(33)23(11-5-6-12-24(31)32)30(17-19-7-1-2-8-19)18-20-9-3-4-10-20/h6,12-16,19-20,23,25,33H,1-5,7-11,17-18H2,(H,31,32)/t23-,25+/m1/s1. The lowest BCUT2D eigenvalue weighted by Crippen LogP contribution is -2.44. The van der Waals surface area contributed by atoms with Crippen LogP contribution in [0.2, 0.25) is 0 Å². The third-order valence-electron chi connectivity index (χ3n) is 7.24. The van der Waals surface area contributed by atoms with Gasteiger partial charge >= 0.3 is 12.1 Å². The Bertz CT molecular complexity index is 748. The Morgan fingerprint density at radius 1 is 1.00 bits per heavy atom. The van der Waals surface area contributed by atoms with Crippen molar-refractivity contribution in [3.05, 3.63) is 47.5 Å². The summed E-state index contributed by atoms with van der Waals surface area (Å²) in [5.41, 5.74) is -0.258. The second-order valence-electron chi connectivity index (χ2n) is 9.70. The topological polar surface area (TPSA) is 60.8 Å². The molecular formula is C26H36F3NO3. The minimum atomic E-state index is -4.42. The number of allylic oxidation sites excluding steroid dienone is 1. The molecule has 2 fully saturated rings. The Morgan fingerprint density at radius 2 is 1.52 bits per heavy atom. The van der Waals surface area contributed by atoms with E-state index in [-0.39, 0.29) is 6.04 Å². The zero-order valence-corrected chi connectivity index (χ0v) is 19.1.